The number of nitrogens with zero attached hydrogens (tertiary/aromatic N) is 1. The molecule has 0 unspecified atom stereocenters. The van der Waals surface area contributed by atoms with E-state index in [9.17, 15) is 13.2 Å². The van der Waals surface area contributed by atoms with Gasteiger partial charge in [0.05, 0.1) is 5.56 Å². The highest BCUT2D eigenvalue weighted by Crippen LogP contribution is 2.37. The van der Waals surface area contributed by atoms with Crippen LogP contribution in [-0.4, -0.2) is 36.6 Å². The summed E-state index contributed by atoms with van der Waals surface area (Å²) in [6.45, 7) is 6.40. The molecule has 0 aliphatic heterocycles. The summed E-state index contributed by atoms with van der Waals surface area (Å²) in [4.78, 5) is 2.23. The molecule has 1 fully saturated rings. The van der Waals surface area contributed by atoms with E-state index in [-0.39, 0.29) is 17.5 Å². The van der Waals surface area contributed by atoms with Gasteiger partial charge in [-0.25, -0.2) is 0 Å². The maximum absolute atomic E-state index is 13.0. The van der Waals surface area contributed by atoms with Crippen molar-refractivity contribution in [3.05, 3.63) is 35.4 Å². The van der Waals surface area contributed by atoms with Gasteiger partial charge >= 0.3 is 6.18 Å². The van der Waals surface area contributed by atoms with Crippen molar-refractivity contribution < 1.29 is 13.2 Å². The van der Waals surface area contributed by atoms with Crippen molar-refractivity contribution in [2.24, 2.45) is 0 Å². The van der Waals surface area contributed by atoms with Crippen LogP contribution in [-0.2, 0) is 6.18 Å². The van der Waals surface area contributed by atoms with Crippen LogP contribution in [0.4, 0.5) is 13.2 Å². The maximum atomic E-state index is 13.0. The summed E-state index contributed by atoms with van der Waals surface area (Å²) >= 11 is 0. The zero-order valence-electron chi connectivity index (χ0n) is 15.2. The Kier molecular flexibility index (Phi) is 5.65. The molecule has 136 valence electrons. The van der Waals surface area contributed by atoms with Gasteiger partial charge in [0, 0.05) is 17.6 Å². The molecule has 1 aliphatic rings. The first-order valence-electron chi connectivity index (χ1n) is 8.58. The molecule has 2 rings (SSSR count). The maximum Gasteiger partial charge on any atom is 0.416 e. The van der Waals surface area contributed by atoms with Crippen LogP contribution in [0.25, 0.3) is 0 Å². The normalized spacial score (nSPS) is 26.0. The molecule has 5 heteroatoms. The molecule has 1 saturated carbocycles. The van der Waals surface area contributed by atoms with E-state index in [4.69, 9.17) is 0 Å². The van der Waals surface area contributed by atoms with Gasteiger partial charge < -0.3 is 10.2 Å². The predicted octanol–water partition coefficient (Wildman–Crippen LogP) is 4.66. The number of hydrogen-bond acceptors (Lipinski definition) is 2. The average Bonchev–Trinajstić information content (AvgIpc) is 2.44. The largest absolute Gasteiger partial charge is 0.416 e. The molecule has 0 radical (unpaired) electrons. The summed E-state index contributed by atoms with van der Waals surface area (Å²) in [6.07, 6.45) is -1.50. The van der Waals surface area contributed by atoms with Gasteiger partial charge in [-0.15, -0.1) is 0 Å². The molecular formula is C19H29F3N2. The Labute approximate surface area is 143 Å². The fraction of sp³-hybridized carbons (Fsp3) is 0.684. The molecule has 1 aromatic rings. The number of nitrogens with one attached hydrogen (secondary N) is 1. The molecule has 1 N–H and O–H groups in total. The van der Waals surface area contributed by atoms with Gasteiger partial charge in [-0.2, -0.15) is 13.2 Å². The molecule has 0 bridgehead atoms. The Bertz CT molecular complexity index is 546. The van der Waals surface area contributed by atoms with E-state index in [2.05, 4.69) is 45.1 Å². The van der Waals surface area contributed by atoms with Crippen molar-refractivity contribution in [1.82, 2.24) is 10.2 Å². The van der Waals surface area contributed by atoms with Crippen molar-refractivity contribution in [2.45, 2.75) is 69.8 Å². The van der Waals surface area contributed by atoms with Crippen LogP contribution in [0.2, 0.25) is 0 Å². The Morgan fingerprint density at radius 3 is 2.29 bits per heavy atom. The quantitative estimate of drug-likeness (QED) is 0.859. The van der Waals surface area contributed by atoms with Crippen LogP contribution in [0.1, 0.15) is 57.1 Å². The molecule has 0 spiro atoms. The summed E-state index contributed by atoms with van der Waals surface area (Å²) in [6, 6.07) is 6.53. The summed E-state index contributed by atoms with van der Waals surface area (Å²) in [5.41, 5.74) is 0.243. The minimum Gasteiger partial charge on any atom is -0.308 e. The smallest absolute Gasteiger partial charge is 0.308 e. The second-order valence-electron chi connectivity index (χ2n) is 8.16. The van der Waals surface area contributed by atoms with Gasteiger partial charge in [0.25, 0.3) is 0 Å². The van der Waals surface area contributed by atoms with Crippen molar-refractivity contribution >= 4 is 0 Å². The third-order valence-corrected chi connectivity index (χ3v) is 4.78. The van der Waals surface area contributed by atoms with E-state index in [0.717, 1.165) is 30.9 Å². The van der Waals surface area contributed by atoms with Crippen LogP contribution < -0.4 is 5.32 Å². The average molecular weight is 342 g/mol. The summed E-state index contributed by atoms with van der Waals surface area (Å²) in [7, 11) is 4.15. The first kappa shape index (κ1) is 19.3. The first-order valence-corrected chi connectivity index (χ1v) is 8.58. The molecule has 24 heavy (non-hydrogen) atoms. The zero-order valence-corrected chi connectivity index (χ0v) is 15.2. The van der Waals surface area contributed by atoms with Crippen LogP contribution in [0.3, 0.4) is 0 Å². The van der Waals surface area contributed by atoms with Crippen molar-refractivity contribution in [3.63, 3.8) is 0 Å². The highest BCUT2D eigenvalue weighted by Gasteiger charge is 2.36. The van der Waals surface area contributed by atoms with Gasteiger partial charge in [0.2, 0.25) is 0 Å². The lowest BCUT2D eigenvalue weighted by Crippen LogP contribution is -2.55. The molecule has 0 aromatic heterocycles. The molecule has 3 atom stereocenters. The van der Waals surface area contributed by atoms with Crippen LogP contribution in [0, 0.1) is 0 Å². The third kappa shape index (κ3) is 4.96. The van der Waals surface area contributed by atoms with E-state index in [0.29, 0.717) is 6.04 Å². The fourth-order valence-electron chi connectivity index (χ4n) is 3.76. The molecular weight excluding hydrogens is 313 g/mol. The Hall–Kier alpha value is -1.07. The first-order chi connectivity index (χ1) is 11.0. The van der Waals surface area contributed by atoms with Crippen molar-refractivity contribution in [2.75, 3.05) is 14.1 Å². The summed E-state index contributed by atoms with van der Waals surface area (Å²) < 4.78 is 38.9. The predicted molar refractivity (Wildman–Crippen MR) is 92.2 cm³/mol. The lowest BCUT2D eigenvalue weighted by Gasteiger charge is -2.43. The zero-order chi connectivity index (χ0) is 18.1. The van der Waals surface area contributed by atoms with Crippen LogP contribution in [0.5, 0.6) is 0 Å². The van der Waals surface area contributed by atoms with Crippen LogP contribution >= 0.6 is 0 Å². The molecule has 1 aliphatic carbocycles. The van der Waals surface area contributed by atoms with E-state index in [1.54, 1.807) is 0 Å². The van der Waals surface area contributed by atoms with Crippen LogP contribution in [0.15, 0.2) is 24.3 Å². The SMILES string of the molecule is CN(C)[C@@H]1CC[C@@H](c2cccc(C(F)(F)F)c2)C[C@H]1NC(C)(C)C. The van der Waals surface area contributed by atoms with Gasteiger partial charge in [-0.3, -0.25) is 0 Å². The highest BCUT2D eigenvalue weighted by atomic mass is 19.4. The molecule has 2 nitrogen and oxygen atoms in total. The second-order valence-corrected chi connectivity index (χ2v) is 8.16. The van der Waals surface area contributed by atoms with Gasteiger partial charge in [-0.05, 0) is 71.7 Å². The van der Waals surface area contributed by atoms with Gasteiger partial charge in [0.15, 0.2) is 0 Å². The number of alkyl halides is 3. The standard InChI is InChI=1S/C19H29F3N2/c1-18(2,3)23-16-12-14(9-10-17(16)24(4)5)13-7-6-8-15(11-13)19(20,21)22/h6-8,11,14,16-17,23H,9-10,12H2,1-5H3/t14-,16-,17-/m1/s1. The van der Waals surface area contributed by atoms with Crippen molar-refractivity contribution in [1.29, 1.82) is 0 Å². The third-order valence-electron chi connectivity index (χ3n) is 4.78. The van der Waals surface area contributed by atoms with E-state index in [1.165, 1.54) is 12.1 Å². The van der Waals surface area contributed by atoms with E-state index in [1.807, 2.05) is 6.07 Å². The van der Waals surface area contributed by atoms with Gasteiger partial charge in [-0.1, -0.05) is 18.2 Å². The number of hydrogen-bond donors (Lipinski definition) is 1. The van der Waals surface area contributed by atoms with E-state index < -0.39 is 11.7 Å². The summed E-state index contributed by atoms with van der Waals surface area (Å²) in [5.74, 6) is 0.170. The second kappa shape index (κ2) is 7.04. The Morgan fingerprint density at radius 2 is 1.75 bits per heavy atom. The minimum atomic E-state index is -4.28. The summed E-state index contributed by atoms with van der Waals surface area (Å²) in [5, 5.41) is 3.67. The number of benzene rings is 1. The molecule has 0 saturated heterocycles. The number of halogens is 3. The molecule has 0 heterocycles. The van der Waals surface area contributed by atoms with E-state index >= 15 is 0 Å². The van der Waals surface area contributed by atoms with Crippen molar-refractivity contribution in [3.8, 4) is 0 Å². The Morgan fingerprint density at radius 1 is 1.08 bits per heavy atom. The minimum absolute atomic E-state index is 0.0192. The monoisotopic (exact) mass is 342 g/mol. The number of likely N-dealkylation sites (N-methyl/N-ethyl adjacent to an activating group) is 1. The molecule has 1 aromatic carbocycles. The highest BCUT2D eigenvalue weighted by molar-refractivity contribution is 5.29. The number of rotatable bonds is 3. The fourth-order valence-corrected chi connectivity index (χ4v) is 3.76. The lowest BCUT2D eigenvalue weighted by molar-refractivity contribution is -0.137. The lowest BCUT2D eigenvalue weighted by atomic mass is 9.77. The molecule has 0 amide bonds. The van der Waals surface area contributed by atoms with Gasteiger partial charge in [0.1, 0.15) is 0 Å². The Balaban J connectivity index is 2.21. The topological polar surface area (TPSA) is 15.3 Å².